The van der Waals surface area contributed by atoms with Gasteiger partial charge in [0.2, 0.25) is 0 Å². The highest BCUT2D eigenvalue weighted by Gasteiger charge is 2.15. The van der Waals surface area contributed by atoms with Crippen LogP contribution >= 0.6 is 0 Å². The molecule has 0 radical (unpaired) electrons. The summed E-state index contributed by atoms with van der Waals surface area (Å²) in [5.74, 6) is 0. The largest absolute Gasteiger partial charge is 0.311 e. The van der Waals surface area contributed by atoms with E-state index in [1.807, 2.05) is 48.5 Å². The molecule has 1 nitrogen and oxygen atoms in total. The molecule has 0 saturated heterocycles. The molecule has 0 N–H and O–H groups in total. The summed E-state index contributed by atoms with van der Waals surface area (Å²) in [6, 6.07) is 52.4. The quantitative estimate of drug-likeness (QED) is 0.177. The minimum Gasteiger partial charge on any atom is -0.311 e. The molecule has 0 atom stereocenters. The van der Waals surface area contributed by atoms with Gasteiger partial charge in [0.15, 0.2) is 0 Å². The van der Waals surface area contributed by atoms with Crippen molar-refractivity contribution in [2.45, 2.75) is 0 Å². The molecule has 0 aliphatic rings. The molecule has 0 saturated carbocycles. The summed E-state index contributed by atoms with van der Waals surface area (Å²) >= 11 is 0. The number of hydrogen-bond acceptors (Lipinski definition) is 1. The molecule has 0 fully saturated rings. The van der Waals surface area contributed by atoms with Crippen LogP contribution in [0.4, 0.5) is 17.1 Å². The zero-order valence-corrected chi connectivity index (χ0v) is 25.5. The van der Waals surface area contributed by atoms with E-state index < -0.39 is 6.04 Å². The van der Waals surface area contributed by atoms with Crippen LogP contribution in [-0.4, -0.2) is 0 Å². The average Bonchev–Trinajstić information content (AvgIpc) is 3.20. The fourth-order valence-electron chi connectivity index (χ4n) is 6.93. The Bertz CT molecular complexity index is 2650. The van der Waals surface area contributed by atoms with Crippen LogP contribution in [0.2, 0.25) is 0 Å². The molecule has 9 aromatic rings. The summed E-state index contributed by atoms with van der Waals surface area (Å²) in [7, 11) is 0. The number of hydrogen-bond donors (Lipinski definition) is 0. The molecule has 0 aliphatic heterocycles. The van der Waals surface area contributed by atoms with Crippen molar-refractivity contribution in [1.82, 2.24) is 0 Å². The van der Waals surface area contributed by atoms with Gasteiger partial charge in [0.05, 0.1) is 6.85 Å². The smallest absolute Gasteiger partial charge is 0.0645 e. The number of benzene rings is 9. The van der Waals surface area contributed by atoms with Crippen LogP contribution in [-0.2, 0) is 0 Å². The molecule has 0 spiro atoms. The van der Waals surface area contributed by atoms with Gasteiger partial charge in [-0.05, 0) is 114 Å². The van der Waals surface area contributed by atoms with Crippen LogP contribution in [0, 0.1) is 0 Å². The summed E-state index contributed by atoms with van der Waals surface area (Å²) in [5.41, 5.74) is 5.69. The number of anilines is 3. The normalized spacial score (nSPS) is 12.9. The highest BCUT2D eigenvalue weighted by molar-refractivity contribution is 6.15. The molecule has 9 rings (SSSR count). The molecule has 0 amide bonds. The molecule has 47 heavy (non-hydrogen) atoms. The Labute approximate surface area is 281 Å². The van der Waals surface area contributed by atoms with Crippen LogP contribution in [0.1, 0.15) is 6.85 Å². The maximum Gasteiger partial charge on any atom is 0.0645 e. The number of rotatable bonds is 5. The van der Waals surface area contributed by atoms with Crippen LogP contribution in [0.15, 0.2) is 188 Å². The third kappa shape index (κ3) is 4.72. The van der Waals surface area contributed by atoms with Gasteiger partial charge < -0.3 is 4.90 Å². The fourth-order valence-corrected chi connectivity index (χ4v) is 6.93. The van der Waals surface area contributed by atoms with Crippen molar-refractivity contribution in [3.05, 3.63) is 188 Å². The fraction of sp³-hybridized carbons (Fsp3) is 0. The molecular weight excluding hydrogens is 567 g/mol. The topological polar surface area (TPSA) is 3.24 Å². The second kappa shape index (κ2) is 11.3. The summed E-state index contributed by atoms with van der Waals surface area (Å²) < 4.78 is 43.1. The van der Waals surface area contributed by atoms with Gasteiger partial charge in [0.1, 0.15) is 0 Å². The van der Waals surface area contributed by atoms with Gasteiger partial charge in [0.25, 0.3) is 0 Å². The first-order valence-electron chi connectivity index (χ1n) is 18.3. The SMILES string of the molecule is [2H]c1c([2H])c([2H])c(N(c2ccc(-c3cc4ccccc4c4ccccc34)cc2)c2ccc(-c3cc4ccccc4c4ccccc34)cc2)c([2H])c1[2H]. The first-order chi connectivity index (χ1) is 25.4. The summed E-state index contributed by atoms with van der Waals surface area (Å²) in [4.78, 5) is 1.77. The van der Waals surface area contributed by atoms with Crippen LogP contribution < -0.4 is 4.90 Å². The van der Waals surface area contributed by atoms with Crippen molar-refractivity contribution in [2.75, 3.05) is 4.90 Å². The van der Waals surface area contributed by atoms with Crippen molar-refractivity contribution >= 4 is 60.2 Å². The monoisotopic (exact) mass is 602 g/mol. The zero-order chi connectivity index (χ0) is 35.5. The minimum atomic E-state index is -0.421. The van der Waals surface area contributed by atoms with Gasteiger partial charge in [-0.2, -0.15) is 0 Å². The van der Waals surface area contributed by atoms with E-state index in [1.165, 1.54) is 21.5 Å². The second-order valence-electron chi connectivity index (χ2n) is 11.8. The van der Waals surface area contributed by atoms with Gasteiger partial charge in [-0.1, -0.05) is 139 Å². The number of nitrogens with zero attached hydrogens (tertiary/aromatic N) is 1. The van der Waals surface area contributed by atoms with E-state index in [9.17, 15) is 0 Å². The maximum absolute atomic E-state index is 8.94. The zero-order valence-electron chi connectivity index (χ0n) is 30.5. The van der Waals surface area contributed by atoms with E-state index >= 15 is 0 Å². The van der Waals surface area contributed by atoms with Crippen LogP contribution in [0.3, 0.4) is 0 Å². The number of fused-ring (bicyclic) bond motifs is 6. The number of para-hydroxylation sites is 1. The molecule has 1 heteroatoms. The predicted molar refractivity (Wildman–Crippen MR) is 202 cm³/mol. The highest BCUT2D eigenvalue weighted by atomic mass is 15.1. The van der Waals surface area contributed by atoms with E-state index in [1.54, 1.807) is 4.90 Å². The molecule has 0 heterocycles. The lowest BCUT2D eigenvalue weighted by atomic mass is 9.93. The first-order valence-corrected chi connectivity index (χ1v) is 15.8. The van der Waals surface area contributed by atoms with Gasteiger partial charge >= 0.3 is 0 Å². The minimum absolute atomic E-state index is 0.0961. The van der Waals surface area contributed by atoms with Crippen LogP contribution in [0.5, 0.6) is 0 Å². The Morgan fingerprint density at radius 2 is 0.723 bits per heavy atom. The first kappa shape index (κ1) is 22.3. The molecule has 0 aliphatic carbocycles. The average molecular weight is 603 g/mol. The van der Waals surface area contributed by atoms with Gasteiger partial charge in [-0.3, -0.25) is 0 Å². The Hall–Kier alpha value is -6.18. The molecule has 0 unspecified atom stereocenters. The Balaban J connectivity index is 1.20. The van der Waals surface area contributed by atoms with Crippen molar-refractivity contribution in [3.63, 3.8) is 0 Å². The highest BCUT2D eigenvalue weighted by Crippen LogP contribution is 2.40. The summed E-state index contributed by atoms with van der Waals surface area (Å²) in [6.07, 6.45) is 0. The molecule has 220 valence electrons. The van der Waals surface area contributed by atoms with Gasteiger partial charge in [0, 0.05) is 17.1 Å². The lowest BCUT2D eigenvalue weighted by Crippen LogP contribution is -2.09. The van der Waals surface area contributed by atoms with Crippen molar-refractivity contribution in [1.29, 1.82) is 0 Å². The van der Waals surface area contributed by atoms with E-state index in [4.69, 9.17) is 6.85 Å². The molecule has 0 aromatic heterocycles. The van der Waals surface area contributed by atoms with E-state index in [2.05, 4.69) is 109 Å². The van der Waals surface area contributed by atoms with Gasteiger partial charge in [-0.15, -0.1) is 0 Å². The molecule has 9 aromatic carbocycles. The van der Waals surface area contributed by atoms with Gasteiger partial charge in [-0.25, -0.2) is 0 Å². The maximum atomic E-state index is 8.94. The third-order valence-electron chi connectivity index (χ3n) is 9.12. The lowest BCUT2D eigenvalue weighted by Gasteiger charge is -2.26. The van der Waals surface area contributed by atoms with E-state index in [0.29, 0.717) is 11.4 Å². The van der Waals surface area contributed by atoms with Crippen molar-refractivity contribution in [3.8, 4) is 22.3 Å². The summed E-state index contributed by atoms with van der Waals surface area (Å²) in [6.45, 7) is 0. The Morgan fingerprint density at radius 1 is 0.340 bits per heavy atom. The Morgan fingerprint density at radius 3 is 1.17 bits per heavy atom. The predicted octanol–water partition coefficient (Wildman–Crippen LogP) is 13.1. The van der Waals surface area contributed by atoms with Crippen LogP contribution in [0.25, 0.3) is 65.3 Å². The van der Waals surface area contributed by atoms with E-state index in [0.717, 1.165) is 43.8 Å². The third-order valence-corrected chi connectivity index (χ3v) is 9.12. The van der Waals surface area contributed by atoms with Crippen molar-refractivity contribution < 1.29 is 6.85 Å². The molecular formula is C46H31N. The standard InChI is InChI=1S/C46H31N/c1-2-14-36(15-3-1)47(37-26-22-32(23-27-37)45-30-34-12-4-6-16-39(34)41-18-8-10-20-43(41)45)38-28-24-33(25-29-38)46-31-35-13-5-7-17-40(35)42-19-9-11-21-44(42)46/h1-31H/i1D,2D,3D,14D,15D. The summed E-state index contributed by atoms with van der Waals surface area (Å²) in [5, 5.41) is 9.36. The molecule has 0 bridgehead atoms. The second-order valence-corrected chi connectivity index (χ2v) is 11.8. The lowest BCUT2D eigenvalue weighted by molar-refractivity contribution is 1.28. The van der Waals surface area contributed by atoms with E-state index in [-0.39, 0.29) is 29.9 Å². The van der Waals surface area contributed by atoms with Crippen molar-refractivity contribution in [2.24, 2.45) is 0 Å². The Kier molecular flexibility index (Phi) is 5.38.